The van der Waals surface area contributed by atoms with Gasteiger partial charge in [0.1, 0.15) is 11.5 Å². The summed E-state index contributed by atoms with van der Waals surface area (Å²) in [5, 5.41) is 17.2. The van der Waals surface area contributed by atoms with Gasteiger partial charge in [0.05, 0.1) is 47.1 Å². The molecule has 0 aromatic heterocycles. The van der Waals surface area contributed by atoms with Gasteiger partial charge < -0.3 is 28.7 Å². The summed E-state index contributed by atoms with van der Waals surface area (Å²) in [6, 6.07) is 34.6. The molecular weight excluding hydrogens is 789 g/mol. The molecule has 0 aliphatic rings. The highest BCUT2D eigenvalue weighted by Crippen LogP contribution is 2.26. The van der Waals surface area contributed by atoms with Crippen LogP contribution in [0.25, 0.3) is 0 Å². The van der Waals surface area contributed by atoms with E-state index in [0.29, 0.717) is 47.1 Å². The van der Waals surface area contributed by atoms with Crippen LogP contribution in [0.15, 0.2) is 167 Å². The molecule has 14 nitrogen and oxygen atoms in total. The maximum Gasteiger partial charge on any atom is 0.343 e. The summed E-state index contributed by atoms with van der Waals surface area (Å²) in [5.41, 5.74) is 5.16. The summed E-state index contributed by atoms with van der Waals surface area (Å²) in [4.78, 5) is 52.1. The normalized spacial score (nSPS) is 10.9. The first kappa shape index (κ1) is 45.3. The molecule has 0 bridgehead atoms. The molecule has 0 radical (unpaired) electrons. The minimum absolute atomic E-state index is 0.277. The third-order valence-electron chi connectivity index (χ3n) is 9.19. The Kier molecular flexibility index (Phi) is 17.4. The number of esters is 4. The van der Waals surface area contributed by atoms with Gasteiger partial charge in [-0.25, -0.2) is 19.2 Å². The van der Waals surface area contributed by atoms with Crippen molar-refractivity contribution in [2.75, 3.05) is 50.2 Å². The van der Waals surface area contributed by atoms with Crippen molar-refractivity contribution in [2.45, 2.75) is 25.7 Å². The molecule has 0 N–H and O–H groups in total. The van der Waals surface area contributed by atoms with Crippen LogP contribution >= 0.6 is 0 Å². The molecule has 0 saturated carbocycles. The largest absolute Gasteiger partial charge is 0.463 e. The average molecular weight is 837 g/mol. The zero-order valence-corrected chi connectivity index (χ0v) is 34.7. The predicted molar refractivity (Wildman–Crippen MR) is 238 cm³/mol. The minimum atomic E-state index is -0.563. The lowest BCUT2D eigenvalue weighted by atomic mass is 10.2. The molecule has 14 heteroatoms. The minimum Gasteiger partial charge on any atom is -0.463 e. The fourth-order valence-corrected chi connectivity index (χ4v) is 5.64. The summed E-state index contributed by atoms with van der Waals surface area (Å²) < 4.78 is 21.0. The molecule has 0 heterocycles. The highest BCUT2D eigenvalue weighted by atomic mass is 16.5. The molecule has 0 atom stereocenters. The van der Waals surface area contributed by atoms with Gasteiger partial charge in [-0.15, -0.1) is 0 Å². The number of carbonyl (C=O) groups excluding carboxylic acids is 4. The van der Waals surface area contributed by atoms with E-state index in [1.54, 1.807) is 48.5 Å². The summed E-state index contributed by atoms with van der Waals surface area (Å²) >= 11 is 0. The van der Waals surface area contributed by atoms with Gasteiger partial charge in [0.25, 0.3) is 0 Å². The van der Waals surface area contributed by atoms with E-state index in [2.05, 4.69) is 43.4 Å². The molecule has 0 fully saturated rings. The number of hydrogen-bond acceptors (Lipinski definition) is 14. The Bertz CT molecular complexity index is 2160. The van der Waals surface area contributed by atoms with Crippen LogP contribution in [0.5, 0.6) is 11.5 Å². The maximum atomic E-state index is 12.8. The number of anilines is 2. The fourth-order valence-electron chi connectivity index (χ4n) is 5.64. The zero-order chi connectivity index (χ0) is 44.1. The Morgan fingerprint density at radius 3 is 1.08 bits per heavy atom. The van der Waals surface area contributed by atoms with Crippen LogP contribution in [0.4, 0.5) is 34.1 Å². The van der Waals surface area contributed by atoms with E-state index in [1.165, 1.54) is 24.3 Å². The smallest absolute Gasteiger partial charge is 0.343 e. The highest BCUT2D eigenvalue weighted by molar-refractivity contribution is 5.92. The molecule has 62 heavy (non-hydrogen) atoms. The molecule has 0 aliphatic heterocycles. The number of hydrogen-bond donors (Lipinski definition) is 0. The van der Waals surface area contributed by atoms with Crippen molar-refractivity contribution in [1.29, 1.82) is 0 Å². The summed E-state index contributed by atoms with van der Waals surface area (Å²) in [7, 11) is 3.99. The Hall–Kier alpha value is -7.74. The van der Waals surface area contributed by atoms with E-state index >= 15 is 0 Å². The van der Waals surface area contributed by atoms with E-state index < -0.39 is 23.9 Å². The van der Waals surface area contributed by atoms with Crippen LogP contribution in [0, 0.1) is 0 Å². The maximum absolute atomic E-state index is 12.8. The van der Waals surface area contributed by atoms with Gasteiger partial charge in [-0.05, 0) is 147 Å². The first-order valence-corrected chi connectivity index (χ1v) is 19.9. The van der Waals surface area contributed by atoms with Crippen molar-refractivity contribution in [3.63, 3.8) is 0 Å². The van der Waals surface area contributed by atoms with Gasteiger partial charge in [-0.1, -0.05) is 13.2 Å². The molecular formula is C48H48N6O8. The van der Waals surface area contributed by atoms with Crippen LogP contribution in [-0.2, 0) is 19.1 Å². The van der Waals surface area contributed by atoms with Crippen molar-refractivity contribution >= 4 is 58.0 Å². The van der Waals surface area contributed by atoms with Crippen LogP contribution in [-0.4, -0.2) is 64.3 Å². The topological polar surface area (TPSA) is 161 Å². The molecule has 0 amide bonds. The fraction of sp³-hybridized carbons (Fsp3) is 0.208. The Morgan fingerprint density at radius 2 is 0.774 bits per heavy atom. The SMILES string of the molecule is C=CC(=O)OCCCCN(C)c1ccc(N=Nc2ccc(C(=O)Oc3ccc(OC(=O)c4ccc(N=Nc5ccc(N(C)CCCCOC(=O)C=C)cc5)cc4)cc3)cc2)cc1. The van der Waals surface area contributed by atoms with Gasteiger partial charge in [0, 0.05) is 50.7 Å². The standard InChI is InChI=1S/C48H48N6O8/c1-5-45(55)59-33-9-7-31-53(3)41-23-19-39(20-24-41)51-49-37-15-11-35(12-16-37)47(57)61-43-27-29-44(30-28-43)62-48(58)36-13-17-38(18-14-36)50-52-40-21-25-42(26-22-40)54(4)32-8-10-34-60-46(56)6-2/h5-6,11-30H,1-2,7-10,31-34H2,3-4H3. The molecule has 0 spiro atoms. The van der Waals surface area contributed by atoms with Gasteiger partial charge in [-0.3, -0.25) is 0 Å². The van der Waals surface area contributed by atoms with Crippen LogP contribution in [0.3, 0.4) is 0 Å². The van der Waals surface area contributed by atoms with Crippen LogP contribution < -0.4 is 19.3 Å². The number of carbonyl (C=O) groups is 4. The second-order valence-corrected chi connectivity index (χ2v) is 13.8. The Morgan fingerprint density at radius 1 is 0.468 bits per heavy atom. The Balaban J connectivity index is 1.02. The monoisotopic (exact) mass is 836 g/mol. The molecule has 0 saturated heterocycles. The van der Waals surface area contributed by atoms with Crippen molar-refractivity contribution < 1.29 is 38.1 Å². The van der Waals surface area contributed by atoms with Gasteiger partial charge in [0.15, 0.2) is 0 Å². The van der Waals surface area contributed by atoms with Crippen LogP contribution in [0.1, 0.15) is 46.4 Å². The number of unbranched alkanes of at least 4 members (excludes halogenated alkanes) is 2. The molecule has 5 rings (SSSR count). The average Bonchev–Trinajstić information content (AvgIpc) is 3.30. The summed E-state index contributed by atoms with van der Waals surface area (Å²) in [6.07, 6.45) is 5.57. The van der Waals surface area contributed by atoms with E-state index in [0.717, 1.165) is 62.3 Å². The Labute approximate surface area is 360 Å². The van der Waals surface area contributed by atoms with Crippen molar-refractivity contribution in [3.8, 4) is 11.5 Å². The van der Waals surface area contributed by atoms with E-state index in [9.17, 15) is 19.2 Å². The van der Waals surface area contributed by atoms with E-state index in [-0.39, 0.29) is 11.5 Å². The quantitative estimate of drug-likeness (QED) is 0.0216. The lowest BCUT2D eigenvalue weighted by Gasteiger charge is -2.19. The number of benzene rings is 5. The molecule has 0 aliphatic carbocycles. The molecule has 0 unspecified atom stereocenters. The highest BCUT2D eigenvalue weighted by Gasteiger charge is 2.12. The number of azo groups is 2. The second kappa shape index (κ2) is 23.7. The van der Waals surface area contributed by atoms with Crippen molar-refractivity contribution in [2.24, 2.45) is 20.5 Å². The first-order valence-electron chi connectivity index (χ1n) is 19.9. The van der Waals surface area contributed by atoms with Gasteiger partial charge >= 0.3 is 23.9 Å². The lowest BCUT2D eigenvalue weighted by molar-refractivity contribution is -0.138. The van der Waals surface area contributed by atoms with Gasteiger partial charge in [-0.2, -0.15) is 20.5 Å². The molecule has 318 valence electrons. The predicted octanol–water partition coefficient (Wildman–Crippen LogP) is 10.8. The van der Waals surface area contributed by atoms with Crippen molar-refractivity contribution in [1.82, 2.24) is 0 Å². The summed E-state index contributed by atoms with van der Waals surface area (Å²) in [5.74, 6) is -1.39. The lowest BCUT2D eigenvalue weighted by Crippen LogP contribution is -2.18. The van der Waals surface area contributed by atoms with Gasteiger partial charge in [0.2, 0.25) is 0 Å². The third kappa shape index (κ3) is 14.8. The molecule has 5 aromatic rings. The van der Waals surface area contributed by atoms with E-state index in [4.69, 9.17) is 18.9 Å². The number of ether oxygens (including phenoxy) is 4. The summed E-state index contributed by atoms with van der Waals surface area (Å²) in [6.45, 7) is 9.11. The second-order valence-electron chi connectivity index (χ2n) is 13.8. The molecule has 5 aromatic carbocycles. The van der Waals surface area contributed by atoms with Crippen LogP contribution in [0.2, 0.25) is 0 Å². The number of rotatable bonds is 22. The third-order valence-corrected chi connectivity index (χ3v) is 9.19. The zero-order valence-electron chi connectivity index (χ0n) is 34.7. The van der Waals surface area contributed by atoms with E-state index in [1.807, 2.05) is 62.6 Å². The van der Waals surface area contributed by atoms with Crippen molar-refractivity contribution in [3.05, 3.63) is 158 Å². The first-order chi connectivity index (χ1) is 30.1. The number of nitrogens with zero attached hydrogens (tertiary/aromatic N) is 6.